The van der Waals surface area contributed by atoms with Gasteiger partial charge in [0.15, 0.2) is 10.3 Å². The summed E-state index contributed by atoms with van der Waals surface area (Å²) >= 11 is 8.61. The van der Waals surface area contributed by atoms with Gasteiger partial charge in [-0.05, 0) is 6.92 Å². The molecule has 0 radical (unpaired) electrons. The van der Waals surface area contributed by atoms with Gasteiger partial charge in [0.2, 0.25) is 0 Å². The second kappa shape index (κ2) is 4.78. The summed E-state index contributed by atoms with van der Waals surface area (Å²) in [5, 5.41) is 12.8. The topological polar surface area (TPSA) is 61.6 Å². The molecule has 0 aromatic carbocycles. The van der Waals surface area contributed by atoms with E-state index >= 15 is 0 Å². The average molecular weight is 271 g/mol. The second-order valence-corrected chi connectivity index (χ2v) is 5.26. The Morgan fingerprint density at radius 2 is 2.44 bits per heavy atom. The number of hydrogen-bond acceptors (Lipinski definition) is 6. The maximum atomic E-state index is 8.73. The van der Waals surface area contributed by atoms with E-state index in [1.54, 1.807) is 11.3 Å². The van der Waals surface area contributed by atoms with E-state index in [-0.39, 0.29) is 5.15 Å². The summed E-state index contributed by atoms with van der Waals surface area (Å²) in [4.78, 5) is 9.79. The van der Waals surface area contributed by atoms with Crippen LogP contribution in [-0.2, 0) is 6.54 Å². The molecule has 7 heteroatoms. The van der Waals surface area contributed by atoms with Crippen LogP contribution in [0.25, 0.3) is 0 Å². The molecule has 2 aromatic heterocycles. The van der Waals surface area contributed by atoms with Gasteiger partial charge >= 0.3 is 0 Å². The van der Waals surface area contributed by atoms with Crippen LogP contribution in [-0.4, -0.2) is 9.97 Å². The number of hydrogen-bond donors (Lipinski definition) is 1. The summed E-state index contributed by atoms with van der Waals surface area (Å²) in [6, 6.07) is 1.99. The minimum absolute atomic E-state index is 0.260. The van der Waals surface area contributed by atoms with Crippen molar-refractivity contribution in [2.24, 2.45) is 0 Å². The SMILES string of the molecule is Cc1ncsc1CNc1nc(Cl)c(C#N)s1. The first-order chi connectivity index (χ1) is 7.70. The fraction of sp³-hybridized carbons (Fsp3) is 0.222. The largest absolute Gasteiger partial charge is 0.356 e. The molecule has 0 fully saturated rings. The van der Waals surface area contributed by atoms with Crippen molar-refractivity contribution in [2.45, 2.75) is 13.5 Å². The maximum Gasteiger partial charge on any atom is 0.185 e. The van der Waals surface area contributed by atoms with E-state index in [0.717, 1.165) is 10.6 Å². The second-order valence-electron chi connectivity index (χ2n) is 2.97. The van der Waals surface area contributed by atoms with E-state index in [1.165, 1.54) is 11.3 Å². The predicted octanol–water partition coefficient (Wildman–Crippen LogP) is 3.05. The zero-order chi connectivity index (χ0) is 11.5. The normalized spacial score (nSPS) is 10.1. The first kappa shape index (κ1) is 11.3. The van der Waals surface area contributed by atoms with Crippen LogP contribution in [0.4, 0.5) is 5.13 Å². The fourth-order valence-electron chi connectivity index (χ4n) is 1.10. The highest BCUT2D eigenvalue weighted by molar-refractivity contribution is 7.16. The molecule has 4 nitrogen and oxygen atoms in total. The molecule has 0 saturated carbocycles. The molecule has 82 valence electrons. The van der Waals surface area contributed by atoms with Crippen molar-refractivity contribution < 1.29 is 0 Å². The molecule has 0 aliphatic carbocycles. The van der Waals surface area contributed by atoms with Gasteiger partial charge in [0, 0.05) is 4.88 Å². The number of aryl methyl sites for hydroxylation is 1. The molecule has 0 bridgehead atoms. The standard InChI is InChI=1S/C9H7ClN4S2/c1-5-7(15-4-13-5)3-12-9-14-8(10)6(2-11)16-9/h4H,3H2,1H3,(H,12,14). The van der Waals surface area contributed by atoms with Crippen LogP contribution in [0, 0.1) is 18.3 Å². The lowest BCUT2D eigenvalue weighted by molar-refractivity contribution is 1.11. The third kappa shape index (κ3) is 2.32. The summed E-state index contributed by atoms with van der Waals surface area (Å²) < 4.78 is 0. The quantitative estimate of drug-likeness (QED) is 0.931. The van der Waals surface area contributed by atoms with Crippen LogP contribution in [0.1, 0.15) is 15.4 Å². The molecule has 0 saturated heterocycles. The third-order valence-corrected chi connectivity index (χ3v) is 4.17. The lowest BCUT2D eigenvalue weighted by Crippen LogP contribution is -1.98. The number of halogens is 1. The number of nitrogens with one attached hydrogen (secondary N) is 1. The summed E-state index contributed by atoms with van der Waals surface area (Å²) in [6.07, 6.45) is 0. The Hall–Kier alpha value is -1.16. The van der Waals surface area contributed by atoms with Gasteiger partial charge in [0.05, 0.1) is 17.7 Å². The van der Waals surface area contributed by atoms with Gasteiger partial charge in [-0.3, -0.25) is 0 Å². The molecule has 2 heterocycles. The fourth-order valence-corrected chi connectivity index (χ4v) is 2.76. The number of anilines is 1. The van der Waals surface area contributed by atoms with E-state index in [4.69, 9.17) is 16.9 Å². The van der Waals surface area contributed by atoms with Crippen molar-refractivity contribution >= 4 is 39.4 Å². The summed E-state index contributed by atoms with van der Waals surface area (Å²) in [6.45, 7) is 2.62. The molecule has 0 atom stereocenters. The number of thiazole rings is 2. The molecule has 2 aromatic rings. The monoisotopic (exact) mass is 270 g/mol. The zero-order valence-electron chi connectivity index (χ0n) is 8.32. The van der Waals surface area contributed by atoms with E-state index < -0.39 is 0 Å². The van der Waals surface area contributed by atoms with Gasteiger partial charge < -0.3 is 5.32 Å². The highest BCUT2D eigenvalue weighted by Gasteiger charge is 2.09. The predicted molar refractivity (Wildman–Crippen MR) is 66.0 cm³/mol. The van der Waals surface area contributed by atoms with Crippen molar-refractivity contribution in [1.82, 2.24) is 9.97 Å². The molecule has 0 aliphatic heterocycles. The van der Waals surface area contributed by atoms with Gasteiger partial charge in [-0.1, -0.05) is 22.9 Å². The highest BCUT2D eigenvalue weighted by atomic mass is 35.5. The van der Waals surface area contributed by atoms with Crippen LogP contribution in [0.15, 0.2) is 5.51 Å². The molecule has 0 amide bonds. The van der Waals surface area contributed by atoms with Crippen molar-refractivity contribution in [2.75, 3.05) is 5.32 Å². The first-order valence-corrected chi connectivity index (χ1v) is 6.47. The van der Waals surface area contributed by atoms with Gasteiger partial charge in [0.25, 0.3) is 0 Å². The number of nitrogens with zero attached hydrogens (tertiary/aromatic N) is 3. The molecular formula is C9H7ClN4S2. The van der Waals surface area contributed by atoms with E-state index in [1.807, 2.05) is 18.5 Å². The summed E-state index contributed by atoms with van der Waals surface area (Å²) in [7, 11) is 0. The first-order valence-electron chi connectivity index (χ1n) is 4.40. The van der Waals surface area contributed by atoms with Crippen LogP contribution >= 0.6 is 34.3 Å². The summed E-state index contributed by atoms with van der Waals surface area (Å²) in [5.41, 5.74) is 2.82. The molecule has 16 heavy (non-hydrogen) atoms. The molecule has 2 rings (SSSR count). The van der Waals surface area contributed by atoms with Crippen molar-refractivity contribution in [3.8, 4) is 6.07 Å². The smallest absolute Gasteiger partial charge is 0.185 e. The molecule has 1 N–H and O–H groups in total. The van der Waals surface area contributed by atoms with Gasteiger partial charge in [0.1, 0.15) is 10.9 Å². The minimum Gasteiger partial charge on any atom is -0.356 e. The lowest BCUT2D eigenvalue weighted by atomic mass is 10.4. The Morgan fingerprint density at radius 3 is 3.00 bits per heavy atom. The molecule has 0 aliphatic rings. The van der Waals surface area contributed by atoms with E-state index in [2.05, 4.69) is 15.3 Å². The maximum absolute atomic E-state index is 8.73. The molecule has 0 spiro atoms. The Balaban J connectivity index is 2.06. The van der Waals surface area contributed by atoms with Crippen molar-refractivity contribution in [3.05, 3.63) is 26.1 Å². The van der Waals surface area contributed by atoms with Crippen molar-refractivity contribution in [3.63, 3.8) is 0 Å². The van der Waals surface area contributed by atoms with Gasteiger partial charge in [-0.2, -0.15) is 5.26 Å². The van der Waals surface area contributed by atoms with Crippen LogP contribution < -0.4 is 5.32 Å². The average Bonchev–Trinajstić information content (AvgIpc) is 2.82. The highest BCUT2D eigenvalue weighted by Crippen LogP contribution is 2.26. The van der Waals surface area contributed by atoms with Crippen LogP contribution in [0.2, 0.25) is 5.15 Å². The molecular weight excluding hydrogens is 264 g/mol. The zero-order valence-corrected chi connectivity index (χ0v) is 10.7. The number of rotatable bonds is 3. The van der Waals surface area contributed by atoms with Gasteiger partial charge in [-0.15, -0.1) is 11.3 Å². The van der Waals surface area contributed by atoms with Crippen molar-refractivity contribution in [1.29, 1.82) is 5.26 Å². The summed E-state index contributed by atoms with van der Waals surface area (Å²) in [5.74, 6) is 0. The molecule has 0 unspecified atom stereocenters. The van der Waals surface area contributed by atoms with Crippen LogP contribution in [0.3, 0.4) is 0 Å². The third-order valence-electron chi connectivity index (χ3n) is 1.93. The number of nitriles is 1. The number of aromatic nitrogens is 2. The Labute approximate surface area is 106 Å². The van der Waals surface area contributed by atoms with Gasteiger partial charge in [-0.25, -0.2) is 9.97 Å². The Kier molecular flexibility index (Phi) is 3.39. The Morgan fingerprint density at radius 1 is 1.62 bits per heavy atom. The lowest BCUT2D eigenvalue weighted by Gasteiger charge is -1.99. The minimum atomic E-state index is 0.260. The Bertz CT molecular complexity index is 540. The van der Waals surface area contributed by atoms with E-state index in [0.29, 0.717) is 16.6 Å². The van der Waals surface area contributed by atoms with Crippen LogP contribution in [0.5, 0.6) is 0 Å². The van der Waals surface area contributed by atoms with E-state index in [9.17, 15) is 0 Å².